The minimum Gasteiger partial charge on any atom is -0.352 e. The highest BCUT2D eigenvalue weighted by Gasteiger charge is 2.40. The standard InChI is InChI=1S/C24H22N4S/c1-2-27-23(22(26-24(27)29)20-10-5-6-14-25-20)21-11-7-15-28(21)19-13-12-17-8-3-4-9-18(17)16-19/h3-16,22-23H,2H2,1H3,(H,26,29). The van der Waals surface area contributed by atoms with Crippen molar-refractivity contribution < 1.29 is 0 Å². The van der Waals surface area contributed by atoms with Gasteiger partial charge in [-0.1, -0.05) is 36.4 Å². The van der Waals surface area contributed by atoms with Gasteiger partial charge in [-0.15, -0.1) is 0 Å². The molecular formula is C24H22N4S. The lowest BCUT2D eigenvalue weighted by molar-refractivity contribution is 0.321. The quantitative estimate of drug-likeness (QED) is 0.490. The molecule has 1 fully saturated rings. The molecule has 3 heterocycles. The maximum atomic E-state index is 5.67. The maximum Gasteiger partial charge on any atom is 0.170 e. The molecule has 0 radical (unpaired) electrons. The van der Waals surface area contributed by atoms with Crippen molar-refractivity contribution in [3.63, 3.8) is 0 Å². The molecule has 144 valence electrons. The second-order valence-electron chi connectivity index (χ2n) is 7.25. The van der Waals surface area contributed by atoms with Crippen molar-refractivity contribution in [1.29, 1.82) is 0 Å². The number of hydrogen-bond acceptors (Lipinski definition) is 2. The molecule has 1 N–H and O–H groups in total. The van der Waals surface area contributed by atoms with Gasteiger partial charge in [0.25, 0.3) is 0 Å². The zero-order valence-corrected chi connectivity index (χ0v) is 17.0. The van der Waals surface area contributed by atoms with Crippen molar-refractivity contribution in [1.82, 2.24) is 19.8 Å². The zero-order chi connectivity index (χ0) is 19.8. The summed E-state index contributed by atoms with van der Waals surface area (Å²) in [5.41, 5.74) is 3.35. The van der Waals surface area contributed by atoms with Crippen molar-refractivity contribution in [2.75, 3.05) is 6.54 Å². The van der Waals surface area contributed by atoms with E-state index in [-0.39, 0.29) is 12.1 Å². The molecule has 1 aliphatic rings. The Kier molecular flexibility index (Phi) is 4.52. The first-order chi connectivity index (χ1) is 14.3. The lowest BCUT2D eigenvalue weighted by atomic mass is 10.0. The highest BCUT2D eigenvalue weighted by Crippen LogP contribution is 2.39. The Balaban J connectivity index is 1.62. The van der Waals surface area contributed by atoms with Crippen LogP contribution in [0.2, 0.25) is 0 Å². The summed E-state index contributed by atoms with van der Waals surface area (Å²) in [5.74, 6) is 0. The van der Waals surface area contributed by atoms with Gasteiger partial charge in [0.2, 0.25) is 0 Å². The van der Waals surface area contributed by atoms with Crippen LogP contribution in [0.25, 0.3) is 16.5 Å². The van der Waals surface area contributed by atoms with E-state index in [0.717, 1.165) is 23.0 Å². The summed E-state index contributed by atoms with van der Waals surface area (Å²) in [6, 6.07) is 25.5. The molecule has 0 spiro atoms. The van der Waals surface area contributed by atoms with Crippen LogP contribution in [-0.4, -0.2) is 26.1 Å². The van der Waals surface area contributed by atoms with Gasteiger partial charge in [-0.2, -0.15) is 0 Å². The van der Waals surface area contributed by atoms with Gasteiger partial charge in [0.05, 0.1) is 17.8 Å². The average molecular weight is 399 g/mol. The van der Waals surface area contributed by atoms with Crippen LogP contribution in [0.3, 0.4) is 0 Å². The number of nitrogens with one attached hydrogen (secondary N) is 1. The van der Waals surface area contributed by atoms with Crippen LogP contribution < -0.4 is 5.32 Å². The van der Waals surface area contributed by atoms with Crippen molar-refractivity contribution in [2.45, 2.75) is 19.0 Å². The third-order valence-corrected chi connectivity index (χ3v) is 5.99. The fourth-order valence-electron chi connectivity index (χ4n) is 4.26. The summed E-state index contributed by atoms with van der Waals surface area (Å²) in [7, 11) is 0. The van der Waals surface area contributed by atoms with Crippen LogP contribution in [0, 0.1) is 0 Å². The summed E-state index contributed by atoms with van der Waals surface area (Å²) in [5, 5.41) is 6.76. The normalized spacial score (nSPS) is 18.9. The van der Waals surface area contributed by atoms with Gasteiger partial charge >= 0.3 is 0 Å². The molecule has 0 bridgehead atoms. The number of aromatic nitrogens is 2. The van der Waals surface area contributed by atoms with E-state index in [2.05, 4.69) is 93.6 Å². The van der Waals surface area contributed by atoms with Crippen LogP contribution in [-0.2, 0) is 0 Å². The Morgan fingerprint density at radius 2 is 1.79 bits per heavy atom. The van der Waals surface area contributed by atoms with Crippen LogP contribution in [0.4, 0.5) is 0 Å². The smallest absolute Gasteiger partial charge is 0.170 e. The Bertz CT molecular complexity index is 1170. The van der Waals surface area contributed by atoms with Crippen molar-refractivity contribution in [2.24, 2.45) is 0 Å². The summed E-state index contributed by atoms with van der Waals surface area (Å²) in [6.07, 6.45) is 3.97. The average Bonchev–Trinajstić information content (AvgIpc) is 3.37. The molecule has 5 rings (SSSR count). The van der Waals surface area contributed by atoms with Crippen LogP contribution >= 0.6 is 12.2 Å². The maximum absolute atomic E-state index is 5.67. The number of nitrogens with zero attached hydrogens (tertiary/aromatic N) is 3. The van der Waals surface area contributed by atoms with Gasteiger partial charge in [0, 0.05) is 30.3 Å². The third-order valence-electron chi connectivity index (χ3n) is 5.63. The highest BCUT2D eigenvalue weighted by atomic mass is 32.1. The third kappa shape index (κ3) is 3.08. The molecule has 2 atom stereocenters. The predicted octanol–water partition coefficient (Wildman–Crippen LogP) is 5.02. The molecule has 5 heteroatoms. The molecule has 1 saturated heterocycles. The Hall–Kier alpha value is -3.18. The van der Waals surface area contributed by atoms with Gasteiger partial charge < -0.3 is 14.8 Å². The largest absolute Gasteiger partial charge is 0.352 e. The molecule has 29 heavy (non-hydrogen) atoms. The number of benzene rings is 2. The van der Waals surface area contributed by atoms with E-state index in [4.69, 9.17) is 12.2 Å². The summed E-state index contributed by atoms with van der Waals surface area (Å²) in [6.45, 7) is 2.98. The Labute approximate surface area is 175 Å². The summed E-state index contributed by atoms with van der Waals surface area (Å²) < 4.78 is 2.27. The molecule has 0 saturated carbocycles. The first-order valence-electron chi connectivity index (χ1n) is 9.91. The van der Waals surface area contributed by atoms with Crippen molar-refractivity contribution >= 4 is 28.1 Å². The SMILES string of the molecule is CCN1C(=S)NC(c2ccccn2)C1c1cccn1-c1ccc2ccccc2c1. The van der Waals surface area contributed by atoms with Crippen LogP contribution in [0.1, 0.15) is 30.4 Å². The lowest BCUT2D eigenvalue weighted by Crippen LogP contribution is -2.30. The van der Waals surface area contributed by atoms with Gasteiger partial charge in [0.1, 0.15) is 0 Å². The van der Waals surface area contributed by atoms with Gasteiger partial charge in [-0.3, -0.25) is 4.98 Å². The molecule has 2 aromatic carbocycles. The second kappa shape index (κ2) is 7.33. The first-order valence-corrected chi connectivity index (χ1v) is 10.3. The van der Waals surface area contributed by atoms with E-state index < -0.39 is 0 Å². The molecule has 0 aliphatic carbocycles. The zero-order valence-electron chi connectivity index (χ0n) is 16.2. The Morgan fingerprint density at radius 1 is 0.966 bits per heavy atom. The van der Waals surface area contributed by atoms with Gasteiger partial charge in [-0.05, 0) is 66.3 Å². The lowest BCUT2D eigenvalue weighted by Gasteiger charge is -2.28. The number of likely N-dealkylation sites (N-methyl/N-ethyl adjacent to an activating group) is 1. The topological polar surface area (TPSA) is 33.1 Å². The van der Waals surface area contributed by atoms with Gasteiger partial charge in [-0.25, -0.2) is 0 Å². The number of pyridine rings is 1. The second-order valence-corrected chi connectivity index (χ2v) is 7.63. The van der Waals surface area contributed by atoms with E-state index in [0.29, 0.717) is 0 Å². The molecular weight excluding hydrogens is 376 g/mol. The Morgan fingerprint density at radius 3 is 2.59 bits per heavy atom. The highest BCUT2D eigenvalue weighted by molar-refractivity contribution is 7.80. The van der Waals surface area contributed by atoms with E-state index in [1.54, 1.807) is 0 Å². The molecule has 4 aromatic rings. The monoisotopic (exact) mass is 398 g/mol. The van der Waals surface area contributed by atoms with Crippen LogP contribution in [0.5, 0.6) is 0 Å². The molecule has 2 unspecified atom stereocenters. The van der Waals surface area contributed by atoms with Crippen LogP contribution in [0.15, 0.2) is 85.2 Å². The predicted molar refractivity (Wildman–Crippen MR) is 121 cm³/mol. The molecule has 1 aliphatic heterocycles. The summed E-state index contributed by atoms with van der Waals surface area (Å²) in [4.78, 5) is 6.86. The minimum absolute atomic E-state index is 0.0118. The minimum atomic E-state index is 0.0118. The molecule has 0 amide bonds. The summed E-state index contributed by atoms with van der Waals surface area (Å²) >= 11 is 5.67. The fourth-order valence-corrected chi connectivity index (χ4v) is 4.63. The van der Waals surface area contributed by atoms with E-state index >= 15 is 0 Å². The van der Waals surface area contributed by atoms with E-state index in [9.17, 15) is 0 Å². The molecule has 4 nitrogen and oxygen atoms in total. The fraction of sp³-hybridized carbons (Fsp3) is 0.167. The molecule has 2 aromatic heterocycles. The number of thiocarbonyl (C=S) groups is 1. The van der Waals surface area contributed by atoms with E-state index in [1.165, 1.54) is 16.5 Å². The van der Waals surface area contributed by atoms with E-state index in [1.807, 2.05) is 18.3 Å². The number of hydrogen-bond donors (Lipinski definition) is 1. The first kappa shape index (κ1) is 17.9. The van der Waals surface area contributed by atoms with Gasteiger partial charge in [0.15, 0.2) is 5.11 Å². The number of fused-ring (bicyclic) bond motifs is 1. The van der Waals surface area contributed by atoms with Crippen molar-refractivity contribution in [3.05, 3.63) is 96.6 Å². The number of rotatable bonds is 4. The van der Waals surface area contributed by atoms with Crippen molar-refractivity contribution in [3.8, 4) is 5.69 Å².